The fraction of sp³-hybridized carbons (Fsp3) is 0.600. The first-order valence-corrected chi connectivity index (χ1v) is 18.2. The van der Waals surface area contributed by atoms with E-state index in [0.717, 1.165) is 97.4 Å². The second-order valence-electron chi connectivity index (χ2n) is 13.4. The van der Waals surface area contributed by atoms with E-state index in [-0.39, 0.29) is 12.0 Å². The van der Waals surface area contributed by atoms with Gasteiger partial charge >= 0.3 is 6.09 Å². The van der Waals surface area contributed by atoms with Crippen LogP contribution in [0.4, 0.5) is 10.7 Å². The van der Waals surface area contributed by atoms with E-state index in [4.69, 9.17) is 22.1 Å². The molecule has 2 aromatic heterocycles. The molecule has 0 unspecified atom stereocenters. The molecule has 2 amide bonds. The van der Waals surface area contributed by atoms with Crippen molar-refractivity contribution in [2.45, 2.75) is 77.7 Å². The fourth-order valence-electron chi connectivity index (χ4n) is 5.96. The number of hydrogen-bond donors (Lipinski definition) is 4. The van der Waals surface area contributed by atoms with Crippen LogP contribution in [0, 0.1) is 11.8 Å². The van der Waals surface area contributed by atoms with Crippen LogP contribution in [0.5, 0.6) is 0 Å². The number of nitrogens with zero attached hydrogens (tertiary/aromatic N) is 3. The molecule has 2 aliphatic heterocycles. The quantitative estimate of drug-likeness (QED) is 0.169. The lowest BCUT2D eigenvalue weighted by Gasteiger charge is -2.33. The minimum Gasteiger partial charge on any atom is -0.444 e. The second-order valence-corrected chi connectivity index (χ2v) is 14.9. The van der Waals surface area contributed by atoms with Gasteiger partial charge in [0.25, 0.3) is 5.91 Å². The summed E-state index contributed by atoms with van der Waals surface area (Å²) in [5.74, 6) is 2.07. The van der Waals surface area contributed by atoms with Crippen molar-refractivity contribution in [3.05, 3.63) is 41.0 Å². The summed E-state index contributed by atoms with van der Waals surface area (Å²) in [7, 11) is 1.63. The molecule has 10 nitrogen and oxygen atoms in total. The number of hydrogen-bond acceptors (Lipinski definition) is 9. The number of nitrogens with one attached hydrogen (secondary N) is 3. The maximum atomic E-state index is 11.9. The Morgan fingerprint density at radius 3 is 2.47 bits per heavy atom. The molecule has 0 atom stereocenters. The molecule has 5 N–H and O–H groups in total. The topological polar surface area (TPSA) is 134 Å². The molecule has 5 rings (SSSR count). The fourth-order valence-corrected chi connectivity index (χ4v) is 7.31. The predicted molar refractivity (Wildman–Crippen MR) is 193 cm³/mol. The van der Waals surface area contributed by atoms with Gasteiger partial charge in [-0.15, -0.1) is 11.3 Å². The number of rotatable bonds is 10. The van der Waals surface area contributed by atoms with Gasteiger partial charge in [-0.25, -0.2) is 14.8 Å². The standard InChI is InChI=1S/C22H26ClN5OS.C13H26N2O2/c1-24-21(29)16-5-4-15-11-19(30-18(15)12-16)20-17(23)13-27-22(28-20)26-8-2-3-14-6-9-25-10-7-14;1-13(2,3)17-12(16)15-9-6-11(7-10-15)5-4-8-14/h4-5,11-14,25H,2-3,6-10H2,1H3,(H,24,29)(H,26,27,28);11H,4-10,14H2,1-3H3. The van der Waals surface area contributed by atoms with Gasteiger partial charge in [-0.2, -0.15) is 0 Å². The molecule has 258 valence electrons. The molecular weight excluding hydrogens is 634 g/mol. The first kappa shape index (κ1) is 36.8. The number of nitrogens with two attached hydrogens (primary N) is 1. The highest BCUT2D eigenvalue weighted by molar-refractivity contribution is 7.22. The van der Waals surface area contributed by atoms with Crippen LogP contribution in [-0.2, 0) is 4.74 Å². The van der Waals surface area contributed by atoms with Crippen molar-refractivity contribution in [2.24, 2.45) is 17.6 Å². The van der Waals surface area contributed by atoms with Crippen LogP contribution in [0.1, 0.15) is 82.5 Å². The third kappa shape index (κ3) is 11.6. The van der Waals surface area contributed by atoms with E-state index in [2.05, 4.69) is 32.0 Å². The van der Waals surface area contributed by atoms with Crippen LogP contribution in [-0.4, -0.2) is 78.8 Å². The number of amides is 2. The molecule has 3 aromatic rings. The van der Waals surface area contributed by atoms with Crippen molar-refractivity contribution in [3.8, 4) is 10.6 Å². The van der Waals surface area contributed by atoms with Gasteiger partial charge in [-0.3, -0.25) is 4.79 Å². The number of piperidine rings is 2. The van der Waals surface area contributed by atoms with Crippen molar-refractivity contribution in [1.29, 1.82) is 0 Å². The molecule has 12 heteroatoms. The third-order valence-corrected chi connectivity index (χ3v) is 9.98. The average Bonchev–Trinajstić information content (AvgIpc) is 3.49. The smallest absolute Gasteiger partial charge is 0.410 e. The minimum atomic E-state index is -0.395. The van der Waals surface area contributed by atoms with Gasteiger partial charge in [-0.05, 0) is 127 Å². The van der Waals surface area contributed by atoms with Gasteiger partial charge < -0.3 is 31.3 Å². The summed E-state index contributed by atoms with van der Waals surface area (Å²) in [5, 5.41) is 11.0. The first-order valence-electron chi connectivity index (χ1n) is 17.0. The van der Waals surface area contributed by atoms with Crippen LogP contribution < -0.4 is 21.7 Å². The number of carbonyl (C=O) groups excluding carboxylic acids is 2. The largest absolute Gasteiger partial charge is 0.444 e. The monoisotopic (exact) mass is 685 g/mol. The van der Waals surface area contributed by atoms with E-state index in [1.165, 1.54) is 25.7 Å². The molecule has 0 saturated carbocycles. The summed E-state index contributed by atoms with van der Waals surface area (Å²) >= 11 is 7.98. The highest BCUT2D eigenvalue weighted by Gasteiger charge is 2.26. The summed E-state index contributed by atoms with van der Waals surface area (Å²) < 4.78 is 6.39. The van der Waals surface area contributed by atoms with Crippen LogP contribution in [0.15, 0.2) is 30.5 Å². The molecule has 2 aliphatic rings. The zero-order chi connectivity index (χ0) is 33.8. The molecule has 0 spiro atoms. The molecular formula is C35H52ClN7O3S. The Kier molecular flexibility index (Phi) is 14.1. The maximum Gasteiger partial charge on any atom is 0.410 e. The lowest BCUT2D eigenvalue weighted by atomic mass is 9.92. The summed E-state index contributed by atoms with van der Waals surface area (Å²) in [6.07, 6.45) is 10.8. The zero-order valence-corrected chi connectivity index (χ0v) is 29.9. The lowest BCUT2D eigenvalue weighted by Crippen LogP contribution is -2.41. The SMILES string of the molecule is CC(C)(C)OC(=O)N1CCC(CCCN)CC1.CNC(=O)c1ccc2cc(-c3nc(NCCCC4CCNCC4)ncc3Cl)sc2c1. The van der Waals surface area contributed by atoms with E-state index in [9.17, 15) is 9.59 Å². The Balaban J connectivity index is 0.000000251. The third-order valence-electron chi connectivity index (χ3n) is 8.60. The van der Waals surface area contributed by atoms with Crippen molar-refractivity contribution in [1.82, 2.24) is 25.5 Å². The number of aromatic nitrogens is 2. The Morgan fingerprint density at radius 2 is 1.79 bits per heavy atom. The normalized spacial score (nSPS) is 16.0. The van der Waals surface area contributed by atoms with Crippen molar-refractivity contribution < 1.29 is 14.3 Å². The molecule has 47 heavy (non-hydrogen) atoms. The molecule has 2 fully saturated rings. The highest BCUT2D eigenvalue weighted by atomic mass is 35.5. The Labute approximate surface area is 288 Å². The number of thiophene rings is 1. The second kappa shape index (κ2) is 18.0. The van der Waals surface area contributed by atoms with Gasteiger partial charge in [0.15, 0.2) is 0 Å². The average molecular weight is 686 g/mol. The number of carbonyl (C=O) groups is 2. The van der Waals surface area contributed by atoms with E-state index in [1.54, 1.807) is 24.6 Å². The number of anilines is 1. The predicted octanol–water partition coefficient (Wildman–Crippen LogP) is 6.94. The van der Waals surface area contributed by atoms with Gasteiger partial charge in [0.1, 0.15) is 11.3 Å². The van der Waals surface area contributed by atoms with Gasteiger partial charge in [0.2, 0.25) is 5.95 Å². The molecule has 4 heterocycles. The van der Waals surface area contributed by atoms with E-state index >= 15 is 0 Å². The first-order chi connectivity index (χ1) is 22.6. The van der Waals surface area contributed by atoms with E-state index in [1.807, 2.05) is 43.9 Å². The highest BCUT2D eigenvalue weighted by Crippen LogP contribution is 2.36. The van der Waals surface area contributed by atoms with Gasteiger partial charge in [0.05, 0.1) is 16.1 Å². The number of ether oxygens (including phenoxy) is 1. The zero-order valence-electron chi connectivity index (χ0n) is 28.4. The van der Waals surface area contributed by atoms with Gasteiger partial charge in [-0.1, -0.05) is 17.7 Å². The van der Waals surface area contributed by atoms with Crippen LogP contribution in [0.2, 0.25) is 5.02 Å². The molecule has 2 saturated heterocycles. The summed E-state index contributed by atoms with van der Waals surface area (Å²) in [4.78, 5) is 35.5. The van der Waals surface area contributed by atoms with Crippen molar-refractivity contribution in [3.63, 3.8) is 0 Å². The Bertz CT molecular complexity index is 1450. The van der Waals surface area contributed by atoms with Gasteiger partial charge in [0, 0.05) is 36.9 Å². The minimum absolute atomic E-state index is 0.0945. The van der Waals surface area contributed by atoms with Crippen molar-refractivity contribution >= 4 is 51.0 Å². The van der Waals surface area contributed by atoms with Crippen LogP contribution in [0.25, 0.3) is 20.7 Å². The summed E-state index contributed by atoms with van der Waals surface area (Å²) in [6, 6.07) is 7.74. The molecule has 1 aromatic carbocycles. The van der Waals surface area contributed by atoms with Crippen LogP contribution >= 0.6 is 22.9 Å². The summed E-state index contributed by atoms with van der Waals surface area (Å²) in [5.41, 5.74) is 6.47. The summed E-state index contributed by atoms with van der Waals surface area (Å²) in [6.45, 7) is 11.3. The number of benzene rings is 1. The number of likely N-dealkylation sites (tertiary alicyclic amines) is 1. The number of fused-ring (bicyclic) bond motifs is 1. The molecule has 0 aliphatic carbocycles. The van der Waals surface area contributed by atoms with Crippen LogP contribution in [0.3, 0.4) is 0 Å². The number of halogens is 1. The van der Waals surface area contributed by atoms with Crippen molar-refractivity contribution in [2.75, 3.05) is 51.6 Å². The maximum absolute atomic E-state index is 11.9. The molecule has 0 bridgehead atoms. The Morgan fingerprint density at radius 1 is 1.09 bits per heavy atom. The van der Waals surface area contributed by atoms with E-state index < -0.39 is 5.60 Å². The Hall–Kier alpha value is -2.99. The van der Waals surface area contributed by atoms with E-state index in [0.29, 0.717) is 16.5 Å². The lowest BCUT2D eigenvalue weighted by molar-refractivity contribution is 0.0180. The molecule has 0 radical (unpaired) electrons.